The molecule has 1 aromatic carbocycles. The van der Waals surface area contributed by atoms with Crippen LogP contribution in [0.5, 0.6) is 0 Å². The quantitative estimate of drug-likeness (QED) is 0.683. The number of likely N-dealkylation sites (tertiary alicyclic amines) is 1. The second-order valence-corrected chi connectivity index (χ2v) is 7.15. The van der Waals surface area contributed by atoms with Crippen LogP contribution >= 0.6 is 0 Å². The molecule has 2 atom stereocenters. The van der Waals surface area contributed by atoms with Gasteiger partial charge in [-0.1, -0.05) is 30.3 Å². The number of hydrogen-bond donors (Lipinski definition) is 3. The Balaban J connectivity index is 1.82. The molecule has 0 radical (unpaired) electrons. The normalized spacial score (nSPS) is 18.8. The van der Waals surface area contributed by atoms with Gasteiger partial charge in [0.1, 0.15) is 5.82 Å². The maximum Gasteiger partial charge on any atom is 0.313 e. The summed E-state index contributed by atoms with van der Waals surface area (Å²) in [5.74, 6) is -1.57. The molecule has 1 saturated heterocycles. The van der Waals surface area contributed by atoms with Crippen molar-refractivity contribution in [2.75, 3.05) is 24.6 Å². The first-order valence-electron chi connectivity index (χ1n) is 9.51. The van der Waals surface area contributed by atoms with Crippen LogP contribution in [0.4, 0.5) is 11.5 Å². The lowest BCUT2D eigenvalue weighted by Crippen LogP contribution is -2.49. The number of hydrogen-bond acceptors (Lipinski definition) is 5. The van der Waals surface area contributed by atoms with E-state index in [0.29, 0.717) is 29.9 Å². The summed E-state index contributed by atoms with van der Waals surface area (Å²) >= 11 is 0. The second-order valence-electron chi connectivity index (χ2n) is 7.15. The zero-order valence-corrected chi connectivity index (χ0v) is 16.5. The van der Waals surface area contributed by atoms with Crippen molar-refractivity contribution in [1.82, 2.24) is 15.2 Å². The zero-order valence-electron chi connectivity index (χ0n) is 16.5. The fourth-order valence-corrected chi connectivity index (χ4v) is 3.60. The molecule has 3 rings (SSSR count). The largest absolute Gasteiger partial charge is 0.383 e. The highest BCUT2D eigenvalue weighted by Gasteiger charge is 2.37. The Morgan fingerprint density at radius 2 is 1.90 bits per heavy atom. The SMILES string of the molecule is CNC(=O)C1CC[C@@H](c2ccccc2)N(C(=O)C(=O)Nc2cnc(N)c(C)c2)C1. The number of anilines is 2. The number of piperidine rings is 1. The van der Waals surface area contributed by atoms with Crippen molar-refractivity contribution in [1.29, 1.82) is 0 Å². The van der Waals surface area contributed by atoms with E-state index in [1.54, 1.807) is 20.0 Å². The molecule has 0 aliphatic carbocycles. The predicted molar refractivity (Wildman–Crippen MR) is 110 cm³/mol. The fraction of sp³-hybridized carbons (Fsp3) is 0.333. The van der Waals surface area contributed by atoms with Crippen molar-refractivity contribution in [3.05, 3.63) is 53.7 Å². The minimum absolute atomic E-state index is 0.131. The number of nitrogen functional groups attached to an aromatic ring is 1. The average molecular weight is 395 g/mol. The molecule has 29 heavy (non-hydrogen) atoms. The Morgan fingerprint density at radius 3 is 2.55 bits per heavy atom. The van der Waals surface area contributed by atoms with E-state index in [-0.39, 0.29) is 24.4 Å². The number of aryl methyl sites for hydroxylation is 1. The highest BCUT2D eigenvalue weighted by Crippen LogP contribution is 2.33. The number of pyridine rings is 1. The Hall–Kier alpha value is -3.42. The first-order chi connectivity index (χ1) is 13.9. The monoisotopic (exact) mass is 395 g/mol. The molecule has 3 amide bonds. The smallest absolute Gasteiger partial charge is 0.313 e. The Labute approximate surface area is 169 Å². The first-order valence-corrected chi connectivity index (χ1v) is 9.51. The average Bonchev–Trinajstić information content (AvgIpc) is 2.75. The van der Waals surface area contributed by atoms with Crippen LogP contribution in [0.1, 0.15) is 30.0 Å². The Bertz CT molecular complexity index is 916. The number of aromatic nitrogens is 1. The molecule has 0 spiro atoms. The summed E-state index contributed by atoms with van der Waals surface area (Å²) in [6.07, 6.45) is 2.65. The summed E-state index contributed by atoms with van der Waals surface area (Å²) in [4.78, 5) is 43.3. The molecule has 2 aromatic rings. The molecule has 1 aromatic heterocycles. The van der Waals surface area contributed by atoms with Crippen LogP contribution in [0.25, 0.3) is 0 Å². The van der Waals surface area contributed by atoms with Crippen LogP contribution in [0.3, 0.4) is 0 Å². The van der Waals surface area contributed by atoms with Gasteiger partial charge in [-0.15, -0.1) is 0 Å². The number of carbonyl (C=O) groups excluding carboxylic acids is 3. The van der Waals surface area contributed by atoms with Crippen LogP contribution in [0.2, 0.25) is 0 Å². The molecule has 1 aliphatic rings. The molecule has 152 valence electrons. The molecule has 1 aliphatic heterocycles. The van der Waals surface area contributed by atoms with Crippen molar-refractivity contribution in [2.45, 2.75) is 25.8 Å². The van der Waals surface area contributed by atoms with Gasteiger partial charge in [0.2, 0.25) is 5.91 Å². The van der Waals surface area contributed by atoms with Crippen molar-refractivity contribution in [3.63, 3.8) is 0 Å². The van der Waals surface area contributed by atoms with Gasteiger partial charge in [0.25, 0.3) is 0 Å². The van der Waals surface area contributed by atoms with Gasteiger partial charge in [0.05, 0.1) is 23.8 Å². The van der Waals surface area contributed by atoms with Crippen molar-refractivity contribution in [3.8, 4) is 0 Å². The van der Waals surface area contributed by atoms with Crippen LogP contribution in [-0.4, -0.2) is 41.2 Å². The summed E-state index contributed by atoms with van der Waals surface area (Å²) in [5, 5.41) is 5.22. The third kappa shape index (κ3) is 4.53. The van der Waals surface area contributed by atoms with Gasteiger partial charge in [0, 0.05) is 13.6 Å². The van der Waals surface area contributed by atoms with Crippen LogP contribution in [-0.2, 0) is 14.4 Å². The highest BCUT2D eigenvalue weighted by atomic mass is 16.2. The third-order valence-corrected chi connectivity index (χ3v) is 5.22. The summed E-state index contributed by atoms with van der Waals surface area (Å²) in [6, 6.07) is 10.9. The van der Waals surface area contributed by atoms with Gasteiger partial charge in [-0.2, -0.15) is 0 Å². The number of benzene rings is 1. The van der Waals surface area contributed by atoms with Crippen molar-refractivity contribution in [2.24, 2.45) is 5.92 Å². The van der Waals surface area contributed by atoms with E-state index in [9.17, 15) is 14.4 Å². The standard InChI is InChI=1S/C21H25N5O3/c1-13-10-16(11-24-18(13)22)25-20(28)21(29)26-12-15(19(27)23-2)8-9-17(26)14-6-4-3-5-7-14/h3-7,10-11,15,17H,8-9,12H2,1-2H3,(H2,22,24)(H,23,27)(H,25,28)/t15?,17-/m0/s1. The molecule has 4 N–H and O–H groups in total. The number of nitrogens with zero attached hydrogens (tertiary/aromatic N) is 2. The summed E-state index contributed by atoms with van der Waals surface area (Å²) in [6.45, 7) is 1.95. The van der Waals surface area contributed by atoms with Gasteiger partial charge < -0.3 is 21.3 Å². The summed E-state index contributed by atoms with van der Waals surface area (Å²) < 4.78 is 0. The third-order valence-electron chi connectivity index (χ3n) is 5.22. The first kappa shape index (κ1) is 20.3. The Morgan fingerprint density at radius 1 is 1.17 bits per heavy atom. The number of rotatable bonds is 3. The van der Waals surface area contributed by atoms with Crippen molar-refractivity contribution >= 4 is 29.2 Å². The second kappa shape index (κ2) is 8.72. The van der Waals surface area contributed by atoms with Crippen LogP contribution in [0.15, 0.2) is 42.6 Å². The van der Waals surface area contributed by atoms with E-state index in [1.165, 1.54) is 11.1 Å². The van der Waals surface area contributed by atoms with Crippen LogP contribution < -0.4 is 16.4 Å². The summed E-state index contributed by atoms with van der Waals surface area (Å²) in [7, 11) is 1.57. The maximum absolute atomic E-state index is 13.0. The maximum atomic E-state index is 13.0. The minimum Gasteiger partial charge on any atom is -0.383 e. The lowest BCUT2D eigenvalue weighted by atomic mass is 9.88. The molecular weight excluding hydrogens is 370 g/mol. The van der Waals surface area contributed by atoms with Gasteiger partial charge in [-0.05, 0) is 37.0 Å². The number of amides is 3. The van der Waals surface area contributed by atoms with Gasteiger partial charge >= 0.3 is 11.8 Å². The Kier molecular flexibility index (Phi) is 6.11. The molecule has 1 unspecified atom stereocenters. The van der Waals surface area contributed by atoms with E-state index in [4.69, 9.17) is 5.73 Å². The molecule has 8 heteroatoms. The molecule has 8 nitrogen and oxygen atoms in total. The van der Waals surface area contributed by atoms with Crippen molar-refractivity contribution < 1.29 is 14.4 Å². The van der Waals surface area contributed by atoms with Gasteiger partial charge in [-0.25, -0.2) is 4.98 Å². The number of carbonyl (C=O) groups is 3. The topological polar surface area (TPSA) is 117 Å². The highest BCUT2D eigenvalue weighted by molar-refractivity contribution is 6.39. The number of nitrogens with two attached hydrogens (primary N) is 1. The van der Waals surface area contributed by atoms with Gasteiger partial charge in [-0.3, -0.25) is 14.4 Å². The van der Waals surface area contributed by atoms with Gasteiger partial charge in [0.15, 0.2) is 0 Å². The molecule has 0 saturated carbocycles. The van der Waals surface area contributed by atoms with Crippen LogP contribution in [0, 0.1) is 12.8 Å². The summed E-state index contributed by atoms with van der Waals surface area (Å²) in [5.41, 5.74) is 7.74. The minimum atomic E-state index is -0.769. The molecular formula is C21H25N5O3. The van der Waals surface area contributed by atoms with E-state index in [0.717, 1.165) is 5.56 Å². The van der Waals surface area contributed by atoms with E-state index < -0.39 is 11.8 Å². The van der Waals surface area contributed by atoms with E-state index in [2.05, 4.69) is 15.6 Å². The zero-order chi connectivity index (χ0) is 21.0. The van der Waals surface area contributed by atoms with E-state index >= 15 is 0 Å². The predicted octanol–water partition coefficient (Wildman–Crippen LogP) is 1.64. The lowest BCUT2D eigenvalue weighted by molar-refractivity contribution is -0.148. The molecule has 0 bridgehead atoms. The fourth-order valence-electron chi connectivity index (χ4n) is 3.60. The number of nitrogens with one attached hydrogen (secondary N) is 2. The molecule has 2 heterocycles. The van der Waals surface area contributed by atoms with E-state index in [1.807, 2.05) is 30.3 Å². The lowest BCUT2D eigenvalue weighted by Gasteiger charge is -2.39. The molecule has 1 fully saturated rings.